The molecule has 0 aliphatic carbocycles. The molecule has 0 unspecified atom stereocenters. The number of carbonyl (C=O) groups excluding carboxylic acids is 1. The molecule has 0 saturated carbocycles. The van der Waals surface area contributed by atoms with Gasteiger partial charge in [0.15, 0.2) is 0 Å². The van der Waals surface area contributed by atoms with Crippen LogP contribution in [0.4, 0.5) is 18.9 Å². The first kappa shape index (κ1) is 19.2. The van der Waals surface area contributed by atoms with E-state index in [-0.39, 0.29) is 11.6 Å². The molecule has 0 bridgehead atoms. The Labute approximate surface area is 163 Å². The molecule has 3 nitrogen and oxygen atoms in total. The van der Waals surface area contributed by atoms with Gasteiger partial charge in [0.25, 0.3) is 5.91 Å². The van der Waals surface area contributed by atoms with Crippen molar-refractivity contribution in [3.63, 3.8) is 0 Å². The Kier molecular flexibility index (Phi) is 5.15. The average molecular weight is 437 g/mol. The molecule has 7 heteroatoms. The predicted octanol–water partition coefficient (Wildman–Crippen LogP) is 6.13. The summed E-state index contributed by atoms with van der Waals surface area (Å²) in [5.41, 5.74) is 1.16. The van der Waals surface area contributed by atoms with Gasteiger partial charge in [-0.2, -0.15) is 13.2 Å². The van der Waals surface area contributed by atoms with Crippen LogP contribution < -0.4 is 5.32 Å². The summed E-state index contributed by atoms with van der Waals surface area (Å²) in [6, 6.07) is 14.0. The summed E-state index contributed by atoms with van der Waals surface area (Å²) in [5.74, 6) is -0.378. The number of anilines is 1. The van der Waals surface area contributed by atoms with Crippen LogP contribution in [0.25, 0.3) is 5.69 Å². The van der Waals surface area contributed by atoms with Gasteiger partial charge in [-0.1, -0.05) is 34.1 Å². The van der Waals surface area contributed by atoms with E-state index in [1.165, 1.54) is 16.7 Å². The van der Waals surface area contributed by atoms with Gasteiger partial charge >= 0.3 is 6.18 Å². The van der Waals surface area contributed by atoms with Gasteiger partial charge in [-0.3, -0.25) is 4.79 Å². The number of amides is 1. The van der Waals surface area contributed by atoms with Crippen molar-refractivity contribution in [2.45, 2.75) is 20.0 Å². The van der Waals surface area contributed by atoms with E-state index >= 15 is 0 Å². The van der Waals surface area contributed by atoms with Gasteiger partial charge in [-0.05, 0) is 50.2 Å². The number of para-hydroxylation sites is 1. The summed E-state index contributed by atoms with van der Waals surface area (Å²) >= 11 is 3.33. The molecule has 1 aromatic heterocycles. The van der Waals surface area contributed by atoms with Crippen molar-refractivity contribution in [1.82, 2.24) is 4.57 Å². The van der Waals surface area contributed by atoms with Crippen molar-refractivity contribution in [2.24, 2.45) is 0 Å². The molecule has 1 N–H and O–H groups in total. The second-order valence-corrected chi connectivity index (χ2v) is 7.02. The Morgan fingerprint density at radius 1 is 1.04 bits per heavy atom. The number of aromatic nitrogens is 1. The lowest BCUT2D eigenvalue weighted by atomic mass is 10.1. The van der Waals surface area contributed by atoms with Crippen LogP contribution in [0.15, 0.2) is 59.1 Å². The summed E-state index contributed by atoms with van der Waals surface area (Å²) in [6.45, 7) is 3.31. The Bertz CT molecular complexity index is 1010. The highest BCUT2D eigenvalue weighted by Gasteiger charge is 2.34. The third-order valence-corrected chi connectivity index (χ3v) is 4.70. The third kappa shape index (κ3) is 3.93. The fraction of sp³-hybridized carbons (Fsp3) is 0.150. The minimum absolute atomic E-state index is 0.00139. The number of hydrogen-bond acceptors (Lipinski definition) is 1. The molecular formula is C20H16BrF3N2O. The van der Waals surface area contributed by atoms with Crippen LogP contribution in [0.1, 0.15) is 27.3 Å². The van der Waals surface area contributed by atoms with Gasteiger partial charge in [0.05, 0.1) is 16.8 Å². The van der Waals surface area contributed by atoms with Crippen LogP contribution in [0.3, 0.4) is 0 Å². The van der Waals surface area contributed by atoms with E-state index in [1.54, 1.807) is 44.2 Å². The van der Waals surface area contributed by atoms with Gasteiger partial charge in [-0.25, -0.2) is 0 Å². The minimum Gasteiger partial charge on any atom is -0.322 e. The number of aryl methyl sites for hydroxylation is 1. The molecule has 27 heavy (non-hydrogen) atoms. The fourth-order valence-corrected chi connectivity index (χ4v) is 3.44. The molecule has 3 rings (SSSR count). The number of benzene rings is 2. The van der Waals surface area contributed by atoms with Crippen molar-refractivity contribution in [2.75, 3.05) is 5.32 Å². The number of halogens is 4. The maximum absolute atomic E-state index is 13.4. The Morgan fingerprint density at radius 3 is 2.41 bits per heavy atom. The molecule has 0 radical (unpaired) electrons. The van der Waals surface area contributed by atoms with E-state index in [0.717, 1.165) is 10.5 Å². The molecule has 0 spiro atoms. The maximum Gasteiger partial charge on any atom is 0.418 e. The van der Waals surface area contributed by atoms with Crippen molar-refractivity contribution < 1.29 is 18.0 Å². The highest BCUT2D eigenvalue weighted by atomic mass is 79.9. The lowest BCUT2D eigenvalue weighted by Gasteiger charge is -2.16. The quantitative estimate of drug-likeness (QED) is 0.526. The molecule has 0 saturated heterocycles. The highest BCUT2D eigenvalue weighted by molar-refractivity contribution is 9.10. The zero-order chi connectivity index (χ0) is 19.8. The van der Waals surface area contributed by atoms with Crippen LogP contribution in [0.5, 0.6) is 0 Å². The van der Waals surface area contributed by atoms with E-state index in [1.807, 2.05) is 6.07 Å². The summed E-state index contributed by atoms with van der Waals surface area (Å²) in [4.78, 5) is 12.7. The Balaban J connectivity index is 2.03. The van der Waals surface area contributed by atoms with Crippen molar-refractivity contribution in [3.05, 3.63) is 81.6 Å². The van der Waals surface area contributed by atoms with E-state index in [0.29, 0.717) is 22.6 Å². The number of nitrogens with zero attached hydrogens (tertiary/aromatic N) is 1. The van der Waals surface area contributed by atoms with Gasteiger partial charge in [0.2, 0.25) is 0 Å². The summed E-state index contributed by atoms with van der Waals surface area (Å²) in [6.07, 6.45) is -4.49. The molecule has 1 heterocycles. The molecule has 0 aliphatic heterocycles. The van der Waals surface area contributed by atoms with Crippen molar-refractivity contribution >= 4 is 27.5 Å². The molecule has 0 fully saturated rings. The largest absolute Gasteiger partial charge is 0.418 e. The van der Waals surface area contributed by atoms with Crippen molar-refractivity contribution in [3.8, 4) is 5.69 Å². The first-order chi connectivity index (χ1) is 12.7. The summed E-state index contributed by atoms with van der Waals surface area (Å²) in [7, 11) is 0. The maximum atomic E-state index is 13.4. The van der Waals surface area contributed by atoms with Crippen molar-refractivity contribution in [1.29, 1.82) is 0 Å². The second kappa shape index (κ2) is 7.23. The number of nitrogens with one attached hydrogen (secondary N) is 1. The van der Waals surface area contributed by atoms with Crippen LogP contribution in [0, 0.1) is 13.8 Å². The SMILES string of the molecule is Cc1cc(C(=O)Nc2cccc(Br)c2)c(C)n1-c1ccccc1C(F)(F)F. The van der Waals surface area contributed by atoms with Crippen LogP contribution in [-0.2, 0) is 6.18 Å². The smallest absolute Gasteiger partial charge is 0.322 e. The van der Waals surface area contributed by atoms with Crippen LogP contribution >= 0.6 is 15.9 Å². The second-order valence-electron chi connectivity index (χ2n) is 6.10. The Morgan fingerprint density at radius 2 is 1.74 bits per heavy atom. The van der Waals surface area contributed by atoms with Crippen LogP contribution in [-0.4, -0.2) is 10.5 Å². The molecule has 0 aliphatic rings. The molecular weight excluding hydrogens is 421 g/mol. The van der Waals surface area contributed by atoms with E-state index < -0.39 is 11.7 Å². The van der Waals surface area contributed by atoms with Crippen LogP contribution in [0.2, 0.25) is 0 Å². The first-order valence-electron chi connectivity index (χ1n) is 8.11. The summed E-state index contributed by atoms with van der Waals surface area (Å²) < 4.78 is 42.4. The number of rotatable bonds is 3. The van der Waals surface area contributed by atoms with Gasteiger partial charge < -0.3 is 9.88 Å². The minimum atomic E-state index is -4.49. The molecule has 1 amide bonds. The number of alkyl halides is 3. The topological polar surface area (TPSA) is 34.0 Å². The van der Waals surface area contributed by atoms with Gasteiger partial charge in [0.1, 0.15) is 0 Å². The Hall–Kier alpha value is -2.54. The van der Waals surface area contributed by atoms with E-state index in [4.69, 9.17) is 0 Å². The fourth-order valence-electron chi connectivity index (χ4n) is 3.04. The van der Waals surface area contributed by atoms with E-state index in [9.17, 15) is 18.0 Å². The molecule has 2 aromatic carbocycles. The molecule has 140 valence electrons. The van der Waals surface area contributed by atoms with E-state index in [2.05, 4.69) is 21.2 Å². The van der Waals surface area contributed by atoms with Gasteiger partial charge in [-0.15, -0.1) is 0 Å². The molecule has 3 aromatic rings. The predicted molar refractivity (Wildman–Crippen MR) is 102 cm³/mol. The zero-order valence-corrected chi connectivity index (χ0v) is 16.1. The normalized spacial score (nSPS) is 11.5. The number of carbonyl (C=O) groups is 1. The summed E-state index contributed by atoms with van der Waals surface area (Å²) in [5, 5.41) is 2.77. The monoisotopic (exact) mass is 436 g/mol. The highest BCUT2D eigenvalue weighted by Crippen LogP contribution is 2.35. The average Bonchev–Trinajstić information content (AvgIpc) is 2.88. The molecule has 0 atom stereocenters. The third-order valence-electron chi connectivity index (χ3n) is 4.21. The number of hydrogen-bond donors (Lipinski definition) is 1. The lowest BCUT2D eigenvalue weighted by molar-refractivity contribution is -0.137. The van der Waals surface area contributed by atoms with Gasteiger partial charge in [0, 0.05) is 21.5 Å². The lowest BCUT2D eigenvalue weighted by Crippen LogP contribution is -2.14. The first-order valence-corrected chi connectivity index (χ1v) is 8.90. The standard InChI is InChI=1S/C20H16BrF3N2O/c1-12-10-16(19(27)25-15-7-5-6-14(21)11-15)13(2)26(12)18-9-4-3-8-17(18)20(22,23)24/h3-11H,1-2H3,(H,25,27). The zero-order valence-electron chi connectivity index (χ0n) is 14.6.